The predicted molar refractivity (Wildman–Crippen MR) is 164 cm³/mol. The second-order valence-corrected chi connectivity index (χ2v) is 10.1. The van der Waals surface area contributed by atoms with Crippen molar-refractivity contribution < 1.29 is 9.36 Å². The van der Waals surface area contributed by atoms with Crippen LogP contribution in [0.3, 0.4) is 0 Å². The highest BCUT2D eigenvalue weighted by Gasteiger charge is 2.16. The number of benzene rings is 4. The van der Waals surface area contributed by atoms with Crippen LogP contribution in [0.1, 0.15) is 17.3 Å². The number of anilines is 2. The Kier molecular flexibility index (Phi) is 7.03. The van der Waals surface area contributed by atoms with Gasteiger partial charge in [-0.15, -0.1) is 0 Å². The van der Waals surface area contributed by atoms with E-state index in [9.17, 15) is 4.79 Å². The first kappa shape index (κ1) is 25.9. The minimum absolute atomic E-state index is 0.446. The van der Waals surface area contributed by atoms with Crippen LogP contribution in [0.25, 0.3) is 43.6 Å². The van der Waals surface area contributed by atoms with Crippen molar-refractivity contribution in [2.24, 2.45) is 5.73 Å². The van der Waals surface area contributed by atoms with Crippen molar-refractivity contribution in [1.29, 1.82) is 0 Å². The molecule has 0 saturated heterocycles. The smallest absolute Gasteiger partial charge is 0.250 e. The zero-order valence-electron chi connectivity index (χ0n) is 23.1. The monoisotopic (exact) mass is 516 g/mol. The first-order valence-electron chi connectivity index (χ1n) is 13.1. The largest absolute Gasteiger partial charge is 0.377 e. The third kappa shape index (κ3) is 5.06. The lowest BCUT2D eigenvalue weighted by molar-refractivity contribution is -0.641. The maximum atomic E-state index is 11.3. The number of nitrogens with two attached hydrogens (primary N) is 1. The minimum atomic E-state index is -0.446. The fourth-order valence-corrected chi connectivity index (χ4v) is 4.97. The molecule has 0 aliphatic heterocycles. The molecule has 0 saturated carbocycles. The molecule has 2 heterocycles. The van der Waals surface area contributed by atoms with Gasteiger partial charge in [0, 0.05) is 73.2 Å². The maximum absolute atomic E-state index is 11.3. The van der Waals surface area contributed by atoms with Gasteiger partial charge in [0.15, 0.2) is 0 Å². The average molecular weight is 517 g/mol. The standard InChI is InChI=1S/C19H24N3.C14H10N2O/c1-6-22-18-12-16(20(2)3)9-7-14(18)11-15-8-10-17(21(4)5)13-19(15)22;15-14(17)11-6-3-5-10-8-9-4-1-2-7-12(9)16-13(10)11/h7-13H,6H2,1-5H3;1-8H,(H2,15,17)/q+1;. The van der Waals surface area contributed by atoms with Crippen LogP contribution in [-0.2, 0) is 6.54 Å². The number of rotatable bonds is 4. The summed E-state index contributed by atoms with van der Waals surface area (Å²) in [5.41, 5.74) is 12.4. The molecule has 6 heteroatoms. The van der Waals surface area contributed by atoms with Crippen LogP contribution in [0.4, 0.5) is 11.4 Å². The van der Waals surface area contributed by atoms with Crippen molar-refractivity contribution in [3.63, 3.8) is 0 Å². The van der Waals surface area contributed by atoms with Gasteiger partial charge in [0.05, 0.1) is 16.6 Å². The first-order chi connectivity index (χ1) is 18.8. The van der Waals surface area contributed by atoms with E-state index in [1.165, 1.54) is 33.2 Å². The number of nitrogens with zero attached hydrogens (tertiary/aromatic N) is 4. The number of carbonyl (C=O) groups excluding carboxylic acids is 1. The second kappa shape index (κ2) is 10.6. The Morgan fingerprint density at radius 3 is 1.85 bits per heavy atom. The molecule has 2 aromatic heterocycles. The van der Waals surface area contributed by atoms with E-state index in [1.54, 1.807) is 6.07 Å². The molecule has 0 radical (unpaired) electrons. The summed E-state index contributed by atoms with van der Waals surface area (Å²) in [6.07, 6.45) is 0. The van der Waals surface area contributed by atoms with Crippen molar-refractivity contribution in [1.82, 2.24) is 4.98 Å². The molecule has 0 spiro atoms. The molecule has 0 aliphatic carbocycles. The van der Waals surface area contributed by atoms with Gasteiger partial charge in [-0.2, -0.15) is 4.57 Å². The number of amides is 1. The molecule has 0 fully saturated rings. The normalized spacial score (nSPS) is 11.0. The number of fused-ring (bicyclic) bond motifs is 4. The SMILES string of the molecule is CC[n+]1c2cc(N(C)C)ccc2cc2ccc(N(C)C)cc21.NC(=O)c1cccc2cc3ccccc3nc12. The van der Waals surface area contributed by atoms with Gasteiger partial charge in [-0.05, 0) is 55.5 Å². The van der Waals surface area contributed by atoms with Crippen molar-refractivity contribution in [2.45, 2.75) is 13.5 Å². The lowest BCUT2D eigenvalue weighted by Gasteiger charge is -2.14. The van der Waals surface area contributed by atoms with Crippen LogP contribution in [0, 0.1) is 0 Å². The molecule has 4 aromatic carbocycles. The van der Waals surface area contributed by atoms with E-state index < -0.39 is 5.91 Å². The minimum Gasteiger partial charge on any atom is -0.377 e. The highest BCUT2D eigenvalue weighted by Crippen LogP contribution is 2.25. The highest BCUT2D eigenvalue weighted by molar-refractivity contribution is 6.07. The molecule has 2 N–H and O–H groups in total. The molecule has 0 bridgehead atoms. The van der Waals surface area contributed by atoms with Gasteiger partial charge in [0.2, 0.25) is 11.0 Å². The van der Waals surface area contributed by atoms with Gasteiger partial charge in [-0.1, -0.05) is 30.3 Å². The van der Waals surface area contributed by atoms with E-state index in [-0.39, 0.29) is 0 Å². The predicted octanol–water partition coefficient (Wildman–Crippen LogP) is 5.92. The maximum Gasteiger partial charge on any atom is 0.250 e. The topological polar surface area (TPSA) is 66.3 Å². The Balaban J connectivity index is 0.000000163. The third-order valence-electron chi connectivity index (χ3n) is 7.08. The molecule has 1 amide bonds. The summed E-state index contributed by atoms with van der Waals surface area (Å²) in [6, 6.07) is 30.9. The third-order valence-corrected chi connectivity index (χ3v) is 7.08. The quantitative estimate of drug-likeness (QED) is 0.233. The lowest BCUT2D eigenvalue weighted by Crippen LogP contribution is -2.34. The summed E-state index contributed by atoms with van der Waals surface area (Å²) < 4.78 is 2.41. The molecular weight excluding hydrogens is 482 g/mol. The second-order valence-electron chi connectivity index (χ2n) is 10.1. The fraction of sp³-hybridized carbons (Fsp3) is 0.182. The Bertz CT molecular complexity index is 1780. The van der Waals surface area contributed by atoms with Gasteiger partial charge in [0.1, 0.15) is 6.54 Å². The lowest BCUT2D eigenvalue weighted by atomic mass is 10.1. The van der Waals surface area contributed by atoms with Crippen LogP contribution in [0.5, 0.6) is 0 Å². The highest BCUT2D eigenvalue weighted by atomic mass is 16.1. The molecule has 0 aliphatic rings. The van der Waals surface area contributed by atoms with Crippen LogP contribution in [0.2, 0.25) is 0 Å². The summed E-state index contributed by atoms with van der Waals surface area (Å²) in [4.78, 5) is 20.1. The Morgan fingerprint density at radius 2 is 1.28 bits per heavy atom. The number of primary amides is 1. The van der Waals surface area contributed by atoms with Crippen LogP contribution in [-0.4, -0.2) is 39.1 Å². The van der Waals surface area contributed by atoms with E-state index >= 15 is 0 Å². The Morgan fingerprint density at radius 1 is 0.718 bits per heavy atom. The molecule has 0 unspecified atom stereocenters. The number of aromatic nitrogens is 2. The Hall–Kier alpha value is -4.71. The van der Waals surface area contributed by atoms with Gasteiger partial charge >= 0.3 is 0 Å². The van der Waals surface area contributed by atoms with Gasteiger partial charge in [-0.3, -0.25) is 4.79 Å². The van der Waals surface area contributed by atoms with E-state index in [0.717, 1.165) is 22.8 Å². The van der Waals surface area contributed by atoms with Crippen molar-refractivity contribution in [2.75, 3.05) is 38.0 Å². The summed E-state index contributed by atoms with van der Waals surface area (Å²) in [5, 5.41) is 4.57. The van der Waals surface area contributed by atoms with Crippen LogP contribution >= 0.6 is 0 Å². The molecule has 0 atom stereocenters. The number of para-hydroxylation sites is 2. The van der Waals surface area contributed by atoms with Gasteiger partial charge < -0.3 is 15.5 Å². The van der Waals surface area contributed by atoms with Crippen molar-refractivity contribution in [3.8, 4) is 0 Å². The zero-order chi connectivity index (χ0) is 27.7. The molecule has 196 valence electrons. The van der Waals surface area contributed by atoms with E-state index in [0.29, 0.717) is 11.1 Å². The molecule has 39 heavy (non-hydrogen) atoms. The molecular formula is C33H34N5O+. The summed E-state index contributed by atoms with van der Waals surface area (Å²) in [5.74, 6) is -0.446. The van der Waals surface area contributed by atoms with Crippen molar-refractivity contribution >= 4 is 60.9 Å². The molecule has 6 aromatic rings. The molecule has 6 nitrogen and oxygen atoms in total. The van der Waals surface area contributed by atoms with E-state index in [2.05, 4.69) is 96.9 Å². The fourth-order valence-electron chi connectivity index (χ4n) is 4.97. The average Bonchev–Trinajstić information content (AvgIpc) is 2.94. The number of hydrogen-bond acceptors (Lipinski definition) is 4. The van der Waals surface area contributed by atoms with Crippen LogP contribution < -0.4 is 20.1 Å². The zero-order valence-corrected chi connectivity index (χ0v) is 23.1. The summed E-state index contributed by atoms with van der Waals surface area (Å²) in [6.45, 7) is 3.17. The summed E-state index contributed by atoms with van der Waals surface area (Å²) >= 11 is 0. The van der Waals surface area contributed by atoms with Crippen molar-refractivity contribution in [3.05, 3.63) is 96.6 Å². The van der Waals surface area contributed by atoms with Gasteiger partial charge in [0.25, 0.3) is 5.91 Å². The van der Waals surface area contributed by atoms with E-state index in [4.69, 9.17) is 5.73 Å². The number of carbonyl (C=O) groups is 1. The number of pyridine rings is 2. The summed E-state index contributed by atoms with van der Waals surface area (Å²) in [7, 11) is 8.34. The molecule has 6 rings (SSSR count). The van der Waals surface area contributed by atoms with E-state index in [1.807, 2.05) is 42.5 Å². The number of aryl methyl sites for hydroxylation is 1. The Labute approximate surface area is 228 Å². The van der Waals surface area contributed by atoms with Gasteiger partial charge in [-0.25, -0.2) is 4.98 Å². The first-order valence-corrected chi connectivity index (χ1v) is 13.1. The van der Waals surface area contributed by atoms with Crippen LogP contribution in [0.15, 0.2) is 91.0 Å². The number of hydrogen-bond donors (Lipinski definition) is 1.